The minimum Gasteiger partial charge on any atom is -0.331 e. The topological polar surface area (TPSA) is 91.8 Å². The van der Waals surface area contributed by atoms with E-state index in [1.54, 1.807) is 43.6 Å². The molecule has 0 aliphatic carbocycles. The van der Waals surface area contributed by atoms with Crippen LogP contribution in [0.5, 0.6) is 0 Å². The standard InChI is InChI=1S/C16H15N5O2/c1-10(12-7-8-17-9-18-12)21(2)16(23)14-19-13-6-4-3-5-11(13)15(22)20-14/h3-10H,1-2H3,(H,19,20,22)/t10-/m1/s1. The maximum absolute atomic E-state index is 12.6. The number of para-hydroxylation sites is 1. The van der Waals surface area contributed by atoms with Gasteiger partial charge < -0.3 is 9.88 Å². The molecule has 0 radical (unpaired) electrons. The fraction of sp³-hybridized carbons (Fsp3) is 0.188. The zero-order valence-electron chi connectivity index (χ0n) is 12.7. The Morgan fingerprint density at radius 3 is 2.78 bits per heavy atom. The Labute approximate surface area is 132 Å². The van der Waals surface area contributed by atoms with Gasteiger partial charge in [-0.1, -0.05) is 12.1 Å². The first-order chi connectivity index (χ1) is 11.1. The van der Waals surface area contributed by atoms with Gasteiger partial charge >= 0.3 is 0 Å². The Kier molecular flexibility index (Phi) is 3.84. The second kappa shape index (κ2) is 5.96. The normalized spacial score (nSPS) is 12.1. The quantitative estimate of drug-likeness (QED) is 0.792. The summed E-state index contributed by atoms with van der Waals surface area (Å²) in [5.74, 6) is -0.365. The van der Waals surface area contributed by atoms with Gasteiger partial charge in [-0.05, 0) is 25.1 Å². The fourth-order valence-corrected chi connectivity index (χ4v) is 2.28. The van der Waals surface area contributed by atoms with E-state index in [0.29, 0.717) is 16.6 Å². The van der Waals surface area contributed by atoms with Gasteiger partial charge in [0.25, 0.3) is 11.5 Å². The Hall–Kier alpha value is -3.09. The number of hydrogen-bond acceptors (Lipinski definition) is 5. The van der Waals surface area contributed by atoms with Crippen molar-refractivity contribution in [3.63, 3.8) is 0 Å². The first kappa shape index (κ1) is 14.8. The average molecular weight is 309 g/mol. The number of nitrogens with zero attached hydrogens (tertiary/aromatic N) is 4. The minimum absolute atomic E-state index is 0.0112. The molecule has 2 heterocycles. The summed E-state index contributed by atoms with van der Waals surface area (Å²) in [4.78, 5) is 41.0. The summed E-state index contributed by atoms with van der Waals surface area (Å²) >= 11 is 0. The van der Waals surface area contributed by atoms with Gasteiger partial charge in [-0.2, -0.15) is 0 Å². The molecular weight excluding hydrogens is 294 g/mol. The molecule has 1 N–H and O–H groups in total. The number of rotatable bonds is 3. The minimum atomic E-state index is -0.376. The second-order valence-corrected chi connectivity index (χ2v) is 5.16. The van der Waals surface area contributed by atoms with Crippen LogP contribution in [0.15, 0.2) is 47.7 Å². The molecule has 3 aromatic rings. The summed E-state index contributed by atoms with van der Waals surface area (Å²) in [6, 6.07) is 8.37. The van der Waals surface area contributed by atoms with Crippen LogP contribution >= 0.6 is 0 Å². The maximum atomic E-state index is 12.6. The molecule has 116 valence electrons. The lowest BCUT2D eigenvalue weighted by molar-refractivity contribution is 0.0727. The SMILES string of the molecule is C[C@H](c1ccncn1)N(C)C(=O)c1nc2ccccc2c(=O)[nH]1. The van der Waals surface area contributed by atoms with Crippen molar-refractivity contribution in [3.8, 4) is 0 Å². The number of carbonyl (C=O) groups is 1. The van der Waals surface area contributed by atoms with Crippen molar-refractivity contribution in [2.45, 2.75) is 13.0 Å². The number of aromatic amines is 1. The third-order valence-corrected chi connectivity index (χ3v) is 3.75. The van der Waals surface area contributed by atoms with E-state index >= 15 is 0 Å². The van der Waals surface area contributed by atoms with E-state index in [-0.39, 0.29) is 23.3 Å². The first-order valence-corrected chi connectivity index (χ1v) is 7.10. The van der Waals surface area contributed by atoms with Crippen LogP contribution in [0.1, 0.15) is 29.3 Å². The second-order valence-electron chi connectivity index (χ2n) is 5.16. The predicted octanol–water partition coefficient (Wildman–Crippen LogP) is 1.55. The molecule has 0 saturated carbocycles. The third-order valence-electron chi connectivity index (χ3n) is 3.75. The molecule has 23 heavy (non-hydrogen) atoms. The van der Waals surface area contributed by atoms with Gasteiger partial charge in [-0.25, -0.2) is 15.0 Å². The van der Waals surface area contributed by atoms with Gasteiger partial charge in [0.2, 0.25) is 0 Å². The summed E-state index contributed by atoms with van der Waals surface area (Å²) in [6.45, 7) is 1.85. The number of nitrogens with one attached hydrogen (secondary N) is 1. The molecule has 0 bridgehead atoms. The lowest BCUT2D eigenvalue weighted by atomic mass is 10.2. The Morgan fingerprint density at radius 1 is 1.26 bits per heavy atom. The van der Waals surface area contributed by atoms with Gasteiger partial charge in [-0.15, -0.1) is 0 Å². The molecule has 0 aliphatic rings. The highest BCUT2D eigenvalue weighted by molar-refractivity contribution is 5.92. The molecule has 0 aliphatic heterocycles. The largest absolute Gasteiger partial charge is 0.331 e. The smallest absolute Gasteiger partial charge is 0.290 e. The van der Waals surface area contributed by atoms with E-state index < -0.39 is 0 Å². The molecule has 1 aromatic carbocycles. The average Bonchev–Trinajstić information content (AvgIpc) is 2.60. The molecule has 0 spiro atoms. The molecule has 1 amide bonds. The third kappa shape index (κ3) is 2.80. The number of aromatic nitrogens is 4. The summed E-state index contributed by atoms with van der Waals surface area (Å²) in [5, 5.41) is 0.454. The van der Waals surface area contributed by atoms with E-state index in [4.69, 9.17) is 0 Å². The number of amides is 1. The Balaban J connectivity index is 1.95. The van der Waals surface area contributed by atoms with Crippen molar-refractivity contribution >= 4 is 16.8 Å². The van der Waals surface area contributed by atoms with E-state index in [0.717, 1.165) is 0 Å². The zero-order chi connectivity index (χ0) is 16.4. The molecule has 7 nitrogen and oxygen atoms in total. The van der Waals surface area contributed by atoms with E-state index in [1.807, 2.05) is 6.92 Å². The number of H-pyrrole nitrogens is 1. The van der Waals surface area contributed by atoms with Crippen molar-refractivity contribution in [3.05, 3.63) is 64.7 Å². The number of carbonyl (C=O) groups excluding carboxylic acids is 1. The van der Waals surface area contributed by atoms with E-state index in [1.165, 1.54) is 11.2 Å². The zero-order valence-corrected chi connectivity index (χ0v) is 12.7. The van der Waals surface area contributed by atoms with Gasteiger partial charge in [-0.3, -0.25) is 9.59 Å². The van der Waals surface area contributed by atoms with Crippen molar-refractivity contribution in [2.75, 3.05) is 7.05 Å². The Morgan fingerprint density at radius 2 is 2.04 bits per heavy atom. The van der Waals surface area contributed by atoms with Crippen molar-refractivity contribution in [2.24, 2.45) is 0 Å². The number of fused-ring (bicyclic) bond motifs is 1. The van der Waals surface area contributed by atoms with E-state index in [2.05, 4.69) is 19.9 Å². The van der Waals surface area contributed by atoms with Crippen LogP contribution in [-0.4, -0.2) is 37.8 Å². The van der Waals surface area contributed by atoms with Crippen molar-refractivity contribution in [1.82, 2.24) is 24.8 Å². The molecule has 0 fully saturated rings. The van der Waals surface area contributed by atoms with Crippen LogP contribution in [0.2, 0.25) is 0 Å². The van der Waals surface area contributed by atoms with Crippen LogP contribution in [0.4, 0.5) is 0 Å². The highest BCUT2D eigenvalue weighted by atomic mass is 16.2. The maximum Gasteiger partial charge on any atom is 0.290 e. The lowest BCUT2D eigenvalue weighted by Crippen LogP contribution is -2.32. The molecular formula is C16H15N5O2. The van der Waals surface area contributed by atoms with Crippen LogP contribution < -0.4 is 5.56 Å². The summed E-state index contributed by atoms with van der Waals surface area (Å²) in [5.41, 5.74) is 0.865. The van der Waals surface area contributed by atoms with Gasteiger partial charge in [0.05, 0.1) is 22.6 Å². The number of benzene rings is 1. The first-order valence-electron chi connectivity index (χ1n) is 7.10. The van der Waals surface area contributed by atoms with Gasteiger partial charge in [0.15, 0.2) is 5.82 Å². The molecule has 1 atom stereocenters. The number of hydrogen-bond donors (Lipinski definition) is 1. The molecule has 7 heteroatoms. The highest BCUT2D eigenvalue weighted by Crippen LogP contribution is 2.17. The van der Waals surface area contributed by atoms with Crippen molar-refractivity contribution in [1.29, 1.82) is 0 Å². The fourth-order valence-electron chi connectivity index (χ4n) is 2.28. The predicted molar refractivity (Wildman–Crippen MR) is 84.9 cm³/mol. The van der Waals surface area contributed by atoms with Crippen LogP contribution in [0.3, 0.4) is 0 Å². The van der Waals surface area contributed by atoms with Crippen LogP contribution in [0, 0.1) is 0 Å². The van der Waals surface area contributed by atoms with E-state index in [9.17, 15) is 9.59 Å². The molecule has 2 aromatic heterocycles. The molecule has 3 rings (SSSR count). The van der Waals surface area contributed by atoms with Gasteiger partial charge in [0.1, 0.15) is 6.33 Å². The van der Waals surface area contributed by atoms with Crippen molar-refractivity contribution < 1.29 is 4.79 Å². The van der Waals surface area contributed by atoms with Crippen LogP contribution in [-0.2, 0) is 0 Å². The molecule has 0 unspecified atom stereocenters. The Bertz CT molecular complexity index is 907. The van der Waals surface area contributed by atoms with Gasteiger partial charge in [0, 0.05) is 13.2 Å². The molecule has 0 saturated heterocycles. The monoisotopic (exact) mass is 309 g/mol. The summed E-state index contributed by atoms with van der Waals surface area (Å²) < 4.78 is 0. The highest BCUT2D eigenvalue weighted by Gasteiger charge is 2.22. The summed E-state index contributed by atoms with van der Waals surface area (Å²) in [6.07, 6.45) is 3.05. The van der Waals surface area contributed by atoms with Crippen LogP contribution in [0.25, 0.3) is 10.9 Å². The summed E-state index contributed by atoms with van der Waals surface area (Å²) in [7, 11) is 1.64. The lowest BCUT2D eigenvalue weighted by Gasteiger charge is -2.23.